The number of benzene rings is 1. The Morgan fingerprint density at radius 2 is 2.18 bits per heavy atom. The molecule has 0 heterocycles. The number of hydrogen-bond donors (Lipinski definition) is 2. The van der Waals surface area contributed by atoms with Gasteiger partial charge in [0.2, 0.25) is 0 Å². The van der Waals surface area contributed by atoms with Gasteiger partial charge in [0.1, 0.15) is 0 Å². The van der Waals surface area contributed by atoms with E-state index >= 15 is 0 Å². The molecule has 94 valence electrons. The maximum Gasteiger partial charge on any atom is 0.340 e. The number of nitrogens with one attached hydrogen (secondary N) is 2. The van der Waals surface area contributed by atoms with Gasteiger partial charge in [-0.25, -0.2) is 10.2 Å². The van der Waals surface area contributed by atoms with Crippen molar-refractivity contribution in [3.63, 3.8) is 0 Å². The lowest BCUT2D eigenvalue weighted by molar-refractivity contribution is -0.143. The van der Waals surface area contributed by atoms with E-state index < -0.39 is 11.5 Å². The van der Waals surface area contributed by atoms with E-state index in [4.69, 9.17) is 16.3 Å². The number of halogens is 1. The van der Waals surface area contributed by atoms with Crippen LogP contribution in [0.2, 0.25) is 0 Å². The van der Waals surface area contributed by atoms with Gasteiger partial charge in [0.05, 0.1) is 12.3 Å². The number of alkyl halides is 1. The van der Waals surface area contributed by atoms with Crippen LogP contribution < -0.4 is 10.9 Å². The zero-order valence-corrected chi connectivity index (χ0v) is 11.0. The Hall–Kier alpha value is -1.26. The number of anilines is 1. The monoisotopic (exact) mass is 256 g/mol. The van der Waals surface area contributed by atoms with Gasteiger partial charge in [0, 0.05) is 0 Å². The van der Waals surface area contributed by atoms with E-state index in [9.17, 15) is 4.79 Å². The lowest BCUT2D eigenvalue weighted by Gasteiger charge is -2.14. The highest BCUT2D eigenvalue weighted by molar-refractivity contribution is 6.29. The highest BCUT2D eigenvalue weighted by atomic mass is 35.5. The van der Waals surface area contributed by atoms with Gasteiger partial charge in [0.15, 0.2) is 5.50 Å². The molecule has 4 nitrogen and oxygen atoms in total. The summed E-state index contributed by atoms with van der Waals surface area (Å²) in [6.45, 7) is 6.05. The Morgan fingerprint density at radius 1 is 1.47 bits per heavy atom. The van der Waals surface area contributed by atoms with Crippen molar-refractivity contribution in [3.05, 3.63) is 29.3 Å². The van der Waals surface area contributed by atoms with Gasteiger partial charge in [-0.3, -0.25) is 0 Å². The normalized spacial score (nSPS) is 12.0. The minimum Gasteiger partial charge on any atom is -0.464 e. The van der Waals surface area contributed by atoms with Crippen LogP contribution >= 0.6 is 11.6 Å². The average molecular weight is 257 g/mol. The predicted octanol–water partition coefficient (Wildman–Crippen LogP) is 2.35. The molecule has 17 heavy (non-hydrogen) atoms. The zero-order valence-electron chi connectivity index (χ0n) is 10.2. The SMILES string of the molecule is CCOC(=O)C(Cl)NNc1ccc(C)cc1C. The second-order valence-corrected chi connectivity index (χ2v) is 4.14. The van der Waals surface area contributed by atoms with E-state index in [1.165, 1.54) is 5.56 Å². The molecule has 0 bridgehead atoms. The standard InChI is InChI=1S/C12H17ClN2O2/c1-4-17-12(16)11(13)15-14-10-6-5-8(2)7-9(10)3/h5-7,11,14-15H,4H2,1-3H3. The molecule has 1 atom stereocenters. The third-order valence-electron chi connectivity index (χ3n) is 2.21. The molecule has 0 radical (unpaired) electrons. The number of aryl methyl sites for hydroxylation is 2. The van der Waals surface area contributed by atoms with Gasteiger partial charge in [-0.05, 0) is 32.4 Å². The summed E-state index contributed by atoms with van der Waals surface area (Å²) in [5.41, 5.74) is 7.81. The fraction of sp³-hybridized carbons (Fsp3) is 0.417. The average Bonchev–Trinajstić information content (AvgIpc) is 2.27. The molecular formula is C12H17ClN2O2. The smallest absolute Gasteiger partial charge is 0.340 e. The number of carbonyl (C=O) groups is 1. The van der Waals surface area contributed by atoms with Crippen molar-refractivity contribution in [2.75, 3.05) is 12.0 Å². The largest absolute Gasteiger partial charge is 0.464 e. The summed E-state index contributed by atoms with van der Waals surface area (Å²) in [5, 5.41) is 0. The summed E-state index contributed by atoms with van der Waals surface area (Å²) in [5.74, 6) is -0.494. The second kappa shape index (κ2) is 6.47. The van der Waals surface area contributed by atoms with E-state index in [2.05, 4.69) is 10.9 Å². The molecular weight excluding hydrogens is 240 g/mol. The summed E-state index contributed by atoms with van der Waals surface area (Å²) < 4.78 is 4.77. The quantitative estimate of drug-likeness (QED) is 0.368. The van der Waals surface area contributed by atoms with E-state index in [0.29, 0.717) is 6.61 Å². The molecule has 0 amide bonds. The molecule has 1 unspecified atom stereocenters. The molecule has 0 saturated carbocycles. The first kappa shape index (κ1) is 13.8. The second-order valence-electron chi connectivity index (χ2n) is 3.70. The molecule has 2 N–H and O–H groups in total. The first-order chi connectivity index (χ1) is 8.04. The van der Waals surface area contributed by atoms with E-state index in [0.717, 1.165) is 11.3 Å². The zero-order chi connectivity index (χ0) is 12.8. The lowest BCUT2D eigenvalue weighted by atomic mass is 10.1. The lowest BCUT2D eigenvalue weighted by Crippen LogP contribution is -2.37. The number of hydrogen-bond acceptors (Lipinski definition) is 4. The van der Waals surface area contributed by atoms with Crippen molar-refractivity contribution in [3.8, 4) is 0 Å². The number of carbonyl (C=O) groups excluding carboxylic acids is 1. The molecule has 0 aliphatic rings. The molecule has 0 aliphatic carbocycles. The van der Waals surface area contributed by atoms with Crippen molar-refractivity contribution in [1.82, 2.24) is 5.43 Å². The van der Waals surface area contributed by atoms with Gasteiger partial charge in [-0.1, -0.05) is 29.3 Å². The minimum absolute atomic E-state index is 0.313. The van der Waals surface area contributed by atoms with Crippen molar-refractivity contribution in [1.29, 1.82) is 0 Å². The summed E-state index contributed by atoms with van der Waals surface area (Å²) >= 11 is 5.80. The van der Waals surface area contributed by atoms with Gasteiger partial charge in [-0.2, -0.15) is 0 Å². The third-order valence-corrected chi connectivity index (χ3v) is 2.50. The molecule has 0 saturated heterocycles. The number of ether oxygens (including phenoxy) is 1. The van der Waals surface area contributed by atoms with Gasteiger partial charge in [0.25, 0.3) is 0 Å². The summed E-state index contributed by atoms with van der Waals surface area (Å²) in [6, 6.07) is 5.94. The van der Waals surface area contributed by atoms with Crippen molar-refractivity contribution in [2.24, 2.45) is 0 Å². The fourth-order valence-electron chi connectivity index (χ4n) is 1.37. The molecule has 0 aromatic heterocycles. The predicted molar refractivity (Wildman–Crippen MR) is 68.9 cm³/mol. The molecule has 0 spiro atoms. The minimum atomic E-state index is -0.907. The van der Waals surface area contributed by atoms with Crippen LogP contribution in [0, 0.1) is 13.8 Å². The van der Waals surface area contributed by atoms with Crippen LogP contribution in [0.4, 0.5) is 5.69 Å². The van der Waals surface area contributed by atoms with E-state index in [-0.39, 0.29) is 0 Å². The molecule has 0 fully saturated rings. The van der Waals surface area contributed by atoms with Crippen molar-refractivity contribution in [2.45, 2.75) is 26.3 Å². The van der Waals surface area contributed by atoms with E-state index in [1.807, 2.05) is 32.0 Å². The number of rotatable bonds is 5. The maximum absolute atomic E-state index is 11.2. The highest BCUT2D eigenvalue weighted by Gasteiger charge is 2.15. The molecule has 1 aromatic rings. The Kier molecular flexibility index (Phi) is 5.25. The summed E-state index contributed by atoms with van der Waals surface area (Å²) in [6.07, 6.45) is 0. The van der Waals surface area contributed by atoms with Crippen LogP contribution in [-0.2, 0) is 9.53 Å². The van der Waals surface area contributed by atoms with Gasteiger partial charge < -0.3 is 10.2 Å². The van der Waals surface area contributed by atoms with Crippen LogP contribution in [0.5, 0.6) is 0 Å². The fourth-order valence-corrected chi connectivity index (χ4v) is 1.49. The van der Waals surface area contributed by atoms with E-state index in [1.54, 1.807) is 6.92 Å². The molecule has 1 aromatic carbocycles. The van der Waals surface area contributed by atoms with Crippen molar-refractivity contribution >= 4 is 23.3 Å². The Balaban J connectivity index is 2.52. The Bertz CT molecular complexity index is 396. The third kappa shape index (κ3) is 4.24. The van der Waals surface area contributed by atoms with Crippen LogP contribution in [0.15, 0.2) is 18.2 Å². The van der Waals surface area contributed by atoms with Crippen LogP contribution in [-0.4, -0.2) is 18.1 Å². The summed E-state index contributed by atoms with van der Waals surface area (Å²) in [4.78, 5) is 11.2. The van der Waals surface area contributed by atoms with Gasteiger partial charge >= 0.3 is 5.97 Å². The van der Waals surface area contributed by atoms with Crippen LogP contribution in [0.3, 0.4) is 0 Å². The maximum atomic E-state index is 11.2. The van der Waals surface area contributed by atoms with Crippen LogP contribution in [0.25, 0.3) is 0 Å². The summed E-state index contributed by atoms with van der Waals surface area (Å²) in [7, 11) is 0. The molecule has 5 heteroatoms. The van der Waals surface area contributed by atoms with Gasteiger partial charge in [-0.15, -0.1) is 0 Å². The highest BCUT2D eigenvalue weighted by Crippen LogP contribution is 2.15. The first-order valence-corrected chi connectivity index (χ1v) is 5.87. The first-order valence-electron chi connectivity index (χ1n) is 5.44. The molecule has 1 rings (SSSR count). The number of esters is 1. The van der Waals surface area contributed by atoms with Crippen molar-refractivity contribution < 1.29 is 9.53 Å². The Morgan fingerprint density at radius 3 is 2.76 bits per heavy atom. The number of hydrazine groups is 1. The van der Waals surface area contributed by atoms with Crippen LogP contribution in [0.1, 0.15) is 18.1 Å². The Labute approximate surface area is 106 Å². The topological polar surface area (TPSA) is 50.4 Å². The molecule has 0 aliphatic heterocycles.